The summed E-state index contributed by atoms with van der Waals surface area (Å²) in [7, 11) is 0. The molecule has 3 nitrogen and oxygen atoms in total. The van der Waals surface area contributed by atoms with Gasteiger partial charge in [0, 0.05) is 19.3 Å². The molecule has 0 aromatic rings. The highest BCUT2D eigenvalue weighted by molar-refractivity contribution is 4.83. The maximum atomic E-state index is 5.81. The van der Waals surface area contributed by atoms with Gasteiger partial charge < -0.3 is 4.74 Å². The van der Waals surface area contributed by atoms with Gasteiger partial charge in [-0.25, -0.2) is 0 Å². The highest BCUT2D eigenvalue weighted by Gasteiger charge is 2.28. The van der Waals surface area contributed by atoms with Crippen LogP contribution in [-0.4, -0.2) is 19.3 Å². The molecule has 1 aliphatic carbocycles. The minimum absolute atomic E-state index is 0.533. The summed E-state index contributed by atoms with van der Waals surface area (Å²) in [5.41, 5.74) is 3.11. The summed E-state index contributed by atoms with van der Waals surface area (Å²) >= 11 is 0. The van der Waals surface area contributed by atoms with E-state index >= 15 is 0 Å². The molecule has 0 aromatic carbocycles. The summed E-state index contributed by atoms with van der Waals surface area (Å²) in [6, 6.07) is 0.533. The second kappa shape index (κ2) is 7.46. The van der Waals surface area contributed by atoms with Gasteiger partial charge in [-0.2, -0.15) is 0 Å². The topological polar surface area (TPSA) is 47.3 Å². The quantitative estimate of drug-likeness (QED) is 0.586. The molecule has 0 aromatic heterocycles. The largest absolute Gasteiger partial charge is 0.381 e. The number of nitrogens with two attached hydrogens (primary N) is 1. The first kappa shape index (κ1) is 14.3. The van der Waals surface area contributed by atoms with Gasteiger partial charge in [-0.1, -0.05) is 26.2 Å². The molecule has 1 saturated heterocycles. The Kier molecular flexibility index (Phi) is 5.93. The fourth-order valence-electron chi connectivity index (χ4n) is 3.74. The molecule has 1 aliphatic heterocycles. The predicted molar refractivity (Wildman–Crippen MR) is 75.0 cm³/mol. The zero-order valence-corrected chi connectivity index (χ0v) is 11.9. The molecule has 2 rings (SSSR count). The van der Waals surface area contributed by atoms with Gasteiger partial charge in [-0.05, 0) is 49.9 Å². The molecule has 1 saturated carbocycles. The molecule has 1 unspecified atom stereocenters. The Morgan fingerprint density at radius 1 is 1.06 bits per heavy atom. The summed E-state index contributed by atoms with van der Waals surface area (Å²) in [6.45, 7) is 4.22. The second-order valence-electron chi connectivity index (χ2n) is 6.25. The number of hydrogen-bond donors (Lipinski definition) is 2. The average Bonchev–Trinajstić information content (AvgIpc) is 2.46. The molecule has 0 radical (unpaired) electrons. The molecule has 106 valence electrons. The van der Waals surface area contributed by atoms with E-state index in [1.54, 1.807) is 0 Å². The minimum atomic E-state index is 0.533. The van der Waals surface area contributed by atoms with Crippen LogP contribution in [-0.2, 0) is 4.74 Å². The summed E-state index contributed by atoms with van der Waals surface area (Å²) in [5.74, 6) is 8.41. The highest BCUT2D eigenvalue weighted by atomic mass is 16.5. The van der Waals surface area contributed by atoms with Crippen LogP contribution in [0.3, 0.4) is 0 Å². The number of nitrogens with one attached hydrogen (secondary N) is 1. The third-order valence-electron chi connectivity index (χ3n) is 5.18. The fraction of sp³-hybridized carbons (Fsp3) is 1.00. The Morgan fingerprint density at radius 3 is 2.28 bits per heavy atom. The number of rotatable bonds is 5. The first-order valence-corrected chi connectivity index (χ1v) is 7.87. The summed E-state index contributed by atoms with van der Waals surface area (Å²) in [6.07, 6.45) is 10.6. The molecule has 18 heavy (non-hydrogen) atoms. The van der Waals surface area contributed by atoms with Crippen molar-refractivity contribution in [1.29, 1.82) is 0 Å². The monoisotopic (exact) mass is 254 g/mol. The first-order chi connectivity index (χ1) is 8.83. The molecule has 1 heterocycles. The lowest BCUT2D eigenvalue weighted by atomic mass is 9.75. The molecule has 3 N–H and O–H groups in total. The summed E-state index contributed by atoms with van der Waals surface area (Å²) in [4.78, 5) is 0. The Balaban J connectivity index is 1.77. The van der Waals surface area contributed by atoms with Crippen LogP contribution in [0.2, 0.25) is 0 Å². The molecule has 2 fully saturated rings. The Labute approximate surface area is 112 Å². The van der Waals surface area contributed by atoms with Crippen molar-refractivity contribution in [2.75, 3.05) is 13.2 Å². The van der Waals surface area contributed by atoms with Crippen molar-refractivity contribution in [3.63, 3.8) is 0 Å². The molecule has 0 bridgehead atoms. The third kappa shape index (κ3) is 3.94. The summed E-state index contributed by atoms with van der Waals surface area (Å²) < 4.78 is 5.44. The zero-order valence-electron chi connectivity index (χ0n) is 11.9. The van der Waals surface area contributed by atoms with Crippen LogP contribution in [0.5, 0.6) is 0 Å². The van der Waals surface area contributed by atoms with Crippen LogP contribution >= 0.6 is 0 Å². The maximum Gasteiger partial charge on any atom is 0.0468 e. The second-order valence-corrected chi connectivity index (χ2v) is 6.25. The first-order valence-electron chi connectivity index (χ1n) is 7.87. The van der Waals surface area contributed by atoms with Gasteiger partial charge in [-0.15, -0.1) is 0 Å². The lowest BCUT2D eigenvalue weighted by molar-refractivity contribution is 0.0556. The van der Waals surface area contributed by atoms with E-state index in [0.717, 1.165) is 31.0 Å². The van der Waals surface area contributed by atoms with E-state index in [1.165, 1.54) is 51.4 Å². The van der Waals surface area contributed by atoms with Gasteiger partial charge in [0.25, 0.3) is 0 Å². The van der Waals surface area contributed by atoms with Gasteiger partial charge in [-0.3, -0.25) is 11.3 Å². The third-order valence-corrected chi connectivity index (χ3v) is 5.18. The number of hydrazine groups is 1. The highest BCUT2D eigenvalue weighted by Crippen LogP contribution is 2.34. The van der Waals surface area contributed by atoms with E-state index in [0.29, 0.717) is 6.04 Å². The van der Waals surface area contributed by atoms with Gasteiger partial charge in [0.15, 0.2) is 0 Å². The lowest BCUT2D eigenvalue weighted by Crippen LogP contribution is -2.44. The van der Waals surface area contributed by atoms with Crippen molar-refractivity contribution in [2.45, 2.75) is 64.3 Å². The lowest BCUT2D eigenvalue weighted by Gasteiger charge is -2.35. The van der Waals surface area contributed by atoms with Gasteiger partial charge in [0.1, 0.15) is 0 Å². The van der Waals surface area contributed by atoms with E-state index in [2.05, 4.69) is 12.3 Å². The van der Waals surface area contributed by atoms with E-state index < -0.39 is 0 Å². The standard InChI is InChI=1S/C15H30N2O/c1-2-12-3-5-14(6-4-12)15(17-16)11-13-7-9-18-10-8-13/h12-15,17H,2-11,16H2,1H3. The Hall–Kier alpha value is -0.120. The fourth-order valence-corrected chi connectivity index (χ4v) is 3.74. The smallest absolute Gasteiger partial charge is 0.0468 e. The van der Waals surface area contributed by atoms with Crippen LogP contribution in [0.15, 0.2) is 0 Å². The zero-order chi connectivity index (χ0) is 12.8. The van der Waals surface area contributed by atoms with Crippen molar-refractivity contribution >= 4 is 0 Å². The molecule has 3 heteroatoms. The van der Waals surface area contributed by atoms with Crippen LogP contribution < -0.4 is 11.3 Å². The van der Waals surface area contributed by atoms with Gasteiger partial charge >= 0.3 is 0 Å². The van der Waals surface area contributed by atoms with Gasteiger partial charge in [0.05, 0.1) is 0 Å². The average molecular weight is 254 g/mol. The van der Waals surface area contributed by atoms with Gasteiger partial charge in [0.2, 0.25) is 0 Å². The van der Waals surface area contributed by atoms with Crippen molar-refractivity contribution in [2.24, 2.45) is 23.6 Å². The van der Waals surface area contributed by atoms with Crippen molar-refractivity contribution in [3.8, 4) is 0 Å². The molecular formula is C15H30N2O. The predicted octanol–water partition coefficient (Wildman–Crippen LogP) is 2.85. The van der Waals surface area contributed by atoms with Crippen LogP contribution in [0.1, 0.15) is 58.3 Å². The number of ether oxygens (including phenoxy) is 1. The Morgan fingerprint density at radius 2 is 1.72 bits per heavy atom. The number of hydrogen-bond acceptors (Lipinski definition) is 3. The van der Waals surface area contributed by atoms with Crippen LogP contribution in [0.4, 0.5) is 0 Å². The van der Waals surface area contributed by atoms with Crippen molar-refractivity contribution < 1.29 is 4.74 Å². The van der Waals surface area contributed by atoms with E-state index in [4.69, 9.17) is 10.6 Å². The van der Waals surface area contributed by atoms with Crippen LogP contribution in [0, 0.1) is 17.8 Å². The molecule has 2 aliphatic rings. The van der Waals surface area contributed by atoms with Crippen LogP contribution in [0.25, 0.3) is 0 Å². The van der Waals surface area contributed by atoms with Crippen molar-refractivity contribution in [3.05, 3.63) is 0 Å². The SMILES string of the molecule is CCC1CCC(C(CC2CCOCC2)NN)CC1. The minimum Gasteiger partial charge on any atom is -0.381 e. The van der Waals surface area contributed by atoms with E-state index in [1.807, 2.05) is 0 Å². The van der Waals surface area contributed by atoms with E-state index in [9.17, 15) is 0 Å². The Bertz CT molecular complexity index is 221. The molecule has 0 spiro atoms. The maximum absolute atomic E-state index is 5.81. The van der Waals surface area contributed by atoms with Crippen molar-refractivity contribution in [1.82, 2.24) is 5.43 Å². The van der Waals surface area contributed by atoms with E-state index in [-0.39, 0.29) is 0 Å². The normalized spacial score (nSPS) is 32.3. The summed E-state index contributed by atoms with van der Waals surface area (Å²) in [5, 5.41) is 0. The molecular weight excluding hydrogens is 224 g/mol. The molecule has 1 atom stereocenters. The molecule has 0 amide bonds.